The third-order valence-electron chi connectivity index (χ3n) is 5.32. The van der Waals surface area contributed by atoms with Crippen molar-refractivity contribution in [1.82, 2.24) is 9.88 Å². The van der Waals surface area contributed by atoms with E-state index >= 15 is 0 Å². The largest absolute Gasteiger partial charge is 0.299 e. The highest BCUT2D eigenvalue weighted by Crippen LogP contribution is 2.24. The molecular weight excluding hydrogens is 332 g/mol. The first kappa shape index (κ1) is 17.6. The molecule has 1 fully saturated rings. The van der Waals surface area contributed by atoms with E-state index in [1.54, 1.807) is 0 Å². The van der Waals surface area contributed by atoms with Crippen LogP contribution in [0, 0.1) is 5.92 Å². The van der Waals surface area contributed by atoms with Crippen LogP contribution < -0.4 is 0 Å². The Morgan fingerprint density at radius 3 is 2.26 bits per heavy atom. The summed E-state index contributed by atoms with van der Waals surface area (Å²) in [6.07, 6.45) is 5.73. The van der Waals surface area contributed by atoms with E-state index < -0.39 is 0 Å². The highest BCUT2D eigenvalue weighted by atomic mass is 16.1. The molecule has 0 radical (unpaired) electrons. The normalized spacial score (nSPS) is 15.6. The van der Waals surface area contributed by atoms with Gasteiger partial charge in [0, 0.05) is 36.0 Å². The van der Waals surface area contributed by atoms with Crippen LogP contribution >= 0.6 is 0 Å². The number of ketones is 1. The molecule has 4 rings (SSSR count). The monoisotopic (exact) mass is 356 g/mol. The molecule has 0 spiro atoms. The fourth-order valence-corrected chi connectivity index (χ4v) is 3.81. The molecule has 2 aromatic carbocycles. The SMILES string of the molecule is O=C(c1ccccc1)C1CCN(Cc2cncc(-c3ccccc3)c2)CC1. The molecule has 0 atom stereocenters. The van der Waals surface area contributed by atoms with Crippen molar-refractivity contribution in [3.8, 4) is 11.1 Å². The Balaban J connectivity index is 1.36. The van der Waals surface area contributed by atoms with Crippen molar-refractivity contribution >= 4 is 5.78 Å². The third-order valence-corrected chi connectivity index (χ3v) is 5.32. The minimum atomic E-state index is 0.150. The second-order valence-electron chi connectivity index (χ2n) is 7.23. The lowest BCUT2D eigenvalue weighted by atomic mass is 9.89. The van der Waals surface area contributed by atoms with Gasteiger partial charge in [-0.2, -0.15) is 0 Å². The predicted octanol–water partition coefficient (Wildman–Crippen LogP) is 4.84. The standard InChI is InChI=1S/C24H24N2O/c27-24(21-9-5-2-6-10-21)22-11-13-26(14-12-22)18-19-15-23(17-25-16-19)20-7-3-1-4-8-20/h1-10,15-17,22H,11-14,18H2. The minimum absolute atomic E-state index is 0.150. The maximum atomic E-state index is 12.6. The van der Waals surface area contributed by atoms with E-state index in [2.05, 4.69) is 40.2 Å². The summed E-state index contributed by atoms with van der Waals surface area (Å²) in [5.74, 6) is 0.445. The number of rotatable bonds is 5. The molecule has 3 nitrogen and oxygen atoms in total. The van der Waals surface area contributed by atoms with E-state index in [1.807, 2.05) is 48.8 Å². The first-order valence-electron chi connectivity index (χ1n) is 9.60. The molecule has 0 aliphatic carbocycles. The van der Waals surface area contributed by atoms with E-state index in [9.17, 15) is 4.79 Å². The molecule has 0 bridgehead atoms. The Kier molecular flexibility index (Phi) is 5.40. The van der Waals surface area contributed by atoms with Gasteiger partial charge in [0.2, 0.25) is 0 Å². The van der Waals surface area contributed by atoms with Crippen molar-refractivity contribution in [1.29, 1.82) is 0 Å². The molecule has 0 amide bonds. The average Bonchev–Trinajstić information content (AvgIpc) is 2.75. The second kappa shape index (κ2) is 8.28. The molecule has 1 aliphatic rings. The number of carbonyl (C=O) groups excluding carboxylic acids is 1. The Hall–Kier alpha value is -2.78. The number of nitrogens with zero attached hydrogens (tertiary/aromatic N) is 2. The third kappa shape index (κ3) is 4.32. The van der Waals surface area contributed by atoms with E-state index in [0.717, 1.165) is 43.6 Å². The van der Waals surface area contributed by atoms with Crippen LogP contribution in [0.2, 0.25) is 0 Å². The summed E-state index contributed by atoms with van der Waals surface area (Å²) in [5, 5.41) is 0. The van der Waals surface area contributed by atoms with E-state index in [1.165, 1.54) is 11.1 Å². The van der Waals surface area contributed by atoms with Crippen molar-refractivity contribution in [3.63, 3.8) is 0 Å². The number of pyridine rings is 1. The van der Waals surface area contributed by atoms with E-state index in [0.29, 0.717) is 5.78 Å². The van der Waals surface area contributed by atoms with Crippen molar-refractivity contribution < 1.29 is 4.79 Å². The fraction of sp³-hybridized carbons (Fsp3) is 0.250. The van der Waals surface area contributed by atoms with Gasteiger partial charge in [-0.05, 0) is 43.1 Å². The number of carbonyl (C=O) groups is 1. The van der Waals surface area contributed by atoms with Gasteiger partial charge in [0.05, 0.1) is 0 Å². The first-order chi connectivity index (χ1) is 13.3. The first-order valence-corrected chi connectivity index (χ1v) is 9.60. The number of piperidine rings is 1. The van der Waals surface area contributed by atoms with Crippen LogP contribution in [0.15, 0.2) is 79.1 Å². The molecule has 1 aromatic heterocycles. The van der Waals surface area contributed by atoms with Crippen LogP contribution in [-0.4, -0.2) is 28.8 Å². The molecule has 2 heterocycles. The van der Waals surface area contributed by atoms with E-state index in [-0.39, 0.29) is 5.92 Å². The maximum Gasteiger partial charge on any atom is 0.166 e. The number of likely N-dealkylation sites (tertiary alicyclic amines) is 1. The zero-order valence-electron chi connectivity index (χ0n) is 15.4. The average molecular weight is 356 g/mol. The number of hydrogen-bond donors (Lipinski definition) is 0. The summed E-state index contributed by atoms with van der Waals surface area (Å²) >= 11 is 0. The molecule has 0 saturated carbocycles. The summed E-state index contributed by atoms with van der Waals surface area (Å²) in [6, 6.07) is 22.3. The Labute approximate surface area is 160 Å². The van der Waals surface area contributed by atoms with Crippen LogP contribution in [-0.2, 0) is 6.54 Å². The molecular formula is C24H24N2O. The van der Waals surface area contributed by atoms with Gasteiger partial charge in [0.25, 0.3) is 0 Å². The molecule has 0 unspecified atom stereocenters. The highest BCUT2D eigenvalue weighted by Gasteiger charge is 2.25. The number of aromatic nitrogens is 1. The summed E-state index contributed by atoms with van der Waals surface area (Å²) < 4.78 is 0. The van der Waals surface area contributed by atoms with Gasteiger partial charge in [-0.25, -0.2) is 0 Å². The van der Waals surface area contributed by atoms with Crippen LogP contribution in [0.25, 0.3) is 11.1 Å². The maximum absolute atomic E-state index is 12.6. The summed E-state index contributed by atoms with van der Waals surface area (Å²) in [6.45, 7) is 2.80. The van der Waals surface area contributed by atoms with Gasteiger partial charge in [0.1, 0.15) is 0 Å². The topological polar surface area (TPSA) is 33.2 Å². The smallest absolute Gasteiger partial charge is 0.166 e. The van der Waals surface area contributed by atoms with E-state index in [4.69, 9.17) is 0 Å². The minimum Gasteiger partial charge on any atom is -0.299 e. The Bertz CT molecular complexity index is 885. The van der Waals surface area contributed by atoms with Gasteiger partial charge in [-0.1, -0.05) is 60.7 Å². The lowest BCUT2D eigenvalue weighted by Crippen LogP contribution is -2.36. The van der Waals surface area contributed by atoms with Crippen LogP contribution in [0.3, 0.4) is 0 Å². The van der Waals surface area contributed by atoms with Crippen molar-refractivity contribution in [2.24, 2.45) is 5.92 Å². The molecule has 1 aliphatic heterocycles. The second-order valence-corrected chi connectivity index (χ2v) is 7.23. The Morgan fingerprint density at radius 1 is 0.889 bits per heavy atom. The highest BCUT2D eigenvalue weighted by molar-refractivity contribution is 5.97. The van der Waals surface area contributed by atoms with Gasteiger partial charge in [-0.3, -0.25) is 14.7 Å². The summed E-state index contributed by atoms with van der Waals surface area (Å²) in [4.78, 5) is 19.5. The number of hydrogen-bond acceptors (Lipinski definition) is 3. The van der Waals surface area contributed by atoms with Gasteiger partial charge < -0.3 is 0 Å². The van der Waals surface area contributed by atoms with Crippen LogP contribution in [0.5, 0.6) is 0 Å². The molecule has 1 saturated heterocycles. The van der Waals surface area contributed by atoms with Crippen LogP contribution in [0.1, 0.15) is 28.8 Å². The summed E-state index contributed by atoms with van der Waals surface area (Å²) in [5.41, 5.74) is 4.42. The summed E-state index contributed by atoms with van der Waals surface area (Å²) in [7, 11) is 0. The number of Topliss-reactive ketones (excluding diaryl/α,β-unsaturated/α-hetero) is 1. The molecule has 3 heteroatoms. The zero-order chi connectivity index (χ0) is 18.5. The van der Waals surface area contributed by atoms with Crippen molar-refractivity contribution in [2.75, 3.05) is 13.1 Å². The quantitative estimate of drug-likeness (QED) is 0.613. The van der Waals surface area contributed by atoms with Gasteiger partial charge in [0.15, 0.2) is 5.78 Å². The van der Waals surface area contributed by atoms with Crippen molar-refractivity contribution in [3.05, 3.63) is 90.3 Å². The molecule has 3 aromatic rings. The zero-order valence-corrected chi connectivity index (χ0v) is 15.4. The van der Waals surface area contributed by atoms with Gasteiger partial charge >= 0.3 is 0 Å². The lowest BCUT2D eigenvalue weighted by molar-refractivity contribution is 0.0835. The predicted molar refractivity (Wildman–Crippen MR) is 108 cm³/mol. The Morgan fingerprint density at radius 2 is 1.56 bits per heavy atom. The molecule has 0 N–H and O–H groups in total. The van der Waals surface area contributed by atoms with Crippen LogP contribution in [0.4, 0.5) is 0 Å². The van der Waals surface area contributed by atoms with Crippen molar-refractivity contribution in [2.45, 2.75) is 19.4 Å². The van der Waals surface area contributed by atoms with Gasteiger partial charge in [-0.15, -0.1) is 0 Å². The molecule has 136 valence electrons. The molecule has 27 heavy (non-hydrogen) atoms. The lowest BCUT2D eigenvalue weighted by Gasteiger charge is -2.31. The number of benzene rings is 2. The fourth-order valence-electron chi connectivity index (χ4n) is 3.81.